The summed E-state index contributed by atoms with van der Waals surface area (Å²) in [6, 6.07) is 4.51. The van der Waals surface area contributed by atoms with E-state index in [0.717, 1.165) is 13.0 Å². The van der Waals surface area contributed by atoms with E-state index in [4.69, 9.17) is 5.73 Å². The van der Waals surface area contributed by atoms with Gasteiger partial charge in [0.15, 0.2) is 0 Å². The van der Waals surface area contributed by atoms with Gasteiger partial charge in [-0.3, -0.25) is 4.98 Å². The van der Waals surface area contributed by atoms with E-state index >= 15 is 0 Å². The Balaban J connectivity index is 2.06. The molecule has 0 spiro atoms. The van der Waals surface area contributed by atoms with E-state index in [0.29, 0.717) is 0 Å². The van der Waals surface area contributed by atoms with Crippen LogP contribution in [0.4, 0.5) is 0 Å². The van der Waals surface area contributed by atoms with E-state index in [1.54, 1.807) is 0 Å². The van der Waals surface area contributed by atoms with Gasteiger partial charge < -0.3 is 10.3 Å². The van der Waals surface area contributed by atoms with Crippen LogP contribution >= 0.6 is 0 Å². The predicted molar refractivity (Wildman–Crippen MR) is 69.9 cm³/mol. The van der Waals surface area contributed by atoms with Gasteiger partial charge in [-0.05, 0) is 43.0 Å². The molecule has 3 heteroatoms. The Morgan fingerprint density at radius 3 is 2.88 bits per heavy atom. The van der Waals surface area contributed by atoms with Gasteiger partial charge in [0.1, 0.15) is 0 Å². The number of hydrogen-bond donors (Lipinski definition) is 1. The van der Waals surface area contributed by atoms with Gasteiger partial charge in [0.25, 0.3) is 0 Å². The number of hydrogen-bond acceptors (Lipinski definition) is 2. The van der Waals surface area contributed by atoms with Crippen LogP contribution in [0.2, 0.25) is 0 Å². The van der Waals surface area contributed by atoms with E-state index in [2.05, 4.69) is 41.0 Å². The van der Waals surface area contributed by atoms with Gasteiger partial charge in [0.05, 0.1) is 0 Å². The van der Waals surface area contributed by atoms with Gasteiger partial charge in [-0.25, -0.2) is 0 Å². The highest BCUT2D eigenvalue weighted by Gasteiger charge is 2.01. The summed E-state index contributed by atoms with van der Waals surface area (Å²) >= 11 is 0. The molecule has 0 bridgehead atoms. The van der Waals surface area contributed by atoms with Gasteiger partial charge in [0, 0.05) is 37.4 Å². The van der Waals surface area contributed by atoms with Crippen LogP contribution in [0.3, 0.4) is 0 Å². The van der Waals surface area contributed by atoms with Gasteiger partial charge in [-0.1, -0.05) is 6.07 Å². The average Bonchev–Trinajstić information content (AvgIpc) is 2.64. The molecule has 0 aromatic carbocycles. The molecule has 3 nitrogen and oxygen atoms in total. The fraction of sp³-hybridized carbons (Fsp3) is 0.357. The maximum absolute atomic E-state index is 5.79. The summed E-state index contributed by atoms with van der Waals surface area (Å²) in [6.45, 7) is 4.96. The van der Waals surface area contributed by atoms with Crippen molar-refractivity contribution < 1.29 is 0 Å². The smallest absolute Gasteiger partial charge is 0.0485 e. The maximum atomic E-state index is 5.79. The van der Waals surface area contributed by atoms with Gasteiger partial charge in [-0.2, -0.15) is 0 Å². The highest BCUT2D eigenvalue weighted by molar-refractivity contribution is 5.19. The zero-order valence-corrected chi connectivity index (χ0v) is 10.4. The van der Waals surface area contributed by atoms with Gasteiger partial charge >= 0.3 is 0 Å². The minimum atomic E-state index is 0.214. The van der Waals surface area contributed by atoms with Gasteiger partial charge in [0.2, 0.25) is 0 Å². The lowest BCUT2D eigenvalue weighted by Gasteiger charge is -2.04. The average molecular weight is 229 g/mol. The van der Waals surface area contributed by atoms with Crippen molar-refractivity contribution in [3.63, 3.8) is 0 Å². The molecule has 2 N–H and O–H groups in total. The molecular weight excluding hydrogens is 210 g/mol. The molecule has 2 rings (SSSR count). The van der Waals surface area contributed by atoms with Crippen molar-refractivity contribution in [1.29, 1.82) is 0 Å². The van der Waals surface area contributed by atoms with Crippen molar-refractivity contribution >= 4 is 0 Å². The van der Waals surface area contributed by atoms with Crippen LogP contribution in [0.1, 0.15) is 23.6 Å². The number of rotatable bonds is 4. The number of nitrogens with zero attached hydrogens (tertiary/aromatic N) is 2. The summed E-state index contributed by atoms with van der Waals surface area (Å²) in [5, 5.41) is 0. The topological polar surface area (TPSA) is 43.8 Å². The number of pyridine rings is 1. The fourth-order valence-electron chi connectivity index (χ4n) is 2.00. The lowest BCUT2D eigenvalue weighted by molar-refractivity contribution is 0.731. The first-order chi connectivity index (χ1) is 8.13. The first-order valence-corrected chi connectivity index (χ1v) is 5.94. The molecule has 0 aliphatic heterocycles. The zero-order valence-electron chi connectivity index (χ0n) is 10.4. The molecule has 1 unspecified atom stereocenters. The van der Waals surface area contributed by atoms with E-state index in [-0.39, 0.29) is 6.04 Å². The van der Waals surface area contributed by atoms with Crippen LogP contribution in [0.15, 0.2) is 36.9 Å². The van der Waals surface area contributed by atoms with Crippen molar-refractivity contribution in [3.8, 4) is 0 Å². The SMILES string of the molecule is Cc1cncc(Cn2ccc(CC(C)N)c2)c1. The van der Waals surface area contributed by atoms with Crippen LogP contribution < -0.4 is 5.73 Å². The largest absolute Gasteiger partial charge is 0.350 e. The van der Waals surface area contributed by atoms with Crippen molar-refractivity contribution in [1.82, 2.24) is 9.55 Å². The van der Waals surface area contributed by atoms with E-state index < -0.39 is 0 Å². The minimum absolute atomic E-state index is 0.214. The summed E-state index contributed by atoms with van der Waals surface area (Å²) in [4.78, 5) is 4.20. The summed E-state index contributed by atoms with van der Waals surface area (Å²) in [5.41, 5.74) is 9.51. The zero-order chi connectivity index (χ0) is 12.3. The third-order valence-corrected chi connectivity index (χ3v) is 2.67. The van der Waals surface area contributed by atoms with Crippen LogP contribution in [-0.2, 0) is 13.0 Å². The molecule has 90 valence electrons. The Labute approximate surface area is 102 Å². The standard InChI is InChI=1S/C14H19N3/c1-11-5-14(8-16-7-11)10-17-4-3-13(9-17)6-12(2)15/h3-5,7-9,12H,6,10,15H2,1-2H3. The molecule has 0 radical (unpaired) electrons. The van der Waals surface area contributed by atoms with Crippen molar-refractivity contribution in [3.05, 3.63) is 53.6 Å². The Hall–Kier alpha value is -1.61. The molecule has 0 aliphatic carbocycles. The number of nitrogens with two attached hydrogens (primary N) is 1. The molecule has 2 aromatic heterocycles. The molecule has 17 heavy (non-hydrogen) atoms. The van der Waals surface area contributed by atoms with Crippen LogP contribution in [0, 0.1) is 6.92 Å². The fourth-order valence-corrected chi connectivity index (χ4v) is 2.00. The third-order valence-electron chi connectivity index (χ3n) is 2.67. The van der Waals surface area contributed by atoms with Gasteiger partial charge in [-0.15, -0.1) is 0 Å². The second kappa shape index (κ2) is 5.15. The Morgan fingerprint density at radius 1 is 1.35 bits per heavy atom. The third kappa shape index (κ3) is 3.43. The Kier molecular flexibility index (Phi) is 3.59. The summed E-state index contributed by atoms with van der Waals surface area (Å²) in [7, 11) is 0. The lowest BCUT2D eigenvalue weighted by atomic mass is 10.1. The van der Waals surface area contributed by atoms with Crippen molar-refractivity contribution in [2.75, 3.05) is 0 Å². The number of aryl methyl sites for hydroxylation is 1. The molecular formula is C14H19N3. The first-order valence-electron chi connectivity index (χ1n) is 5.94. The summed E-state index contributed by atoms with van der Waals surface area (Å²) < 4.78 is 2.17. The number of aromatic nitrogens is 2. The monoisotopic (exact) mass is 229 g/mol. The molecule has 0 aliphatic rings. The second-order valence-electron chi connectivity index (χ2n) is 4.74. The predicted octanol–water partition coefficient (Wildman–Crippen LogP) is 2.13. The quantitative estimate of drug-likeness (QED) is 0.872. The Morgan fingerprint density at radius 2 is 2.18 bits per heavy atom. The summed E-state index contributed by atoms with van der Waals surface area (Å²) in [5.74, 6) is 0. The van der Waals surface area contributed by atoms with E-state index in [1.807, 2.05) is 19.3 Å². The minimum Gasteiger partial charge on any atom is -0.350 e. The molecule has 0 saturated heterocycles. The second-order valence-corrected chi connectivity index (χ2v) is 4.74. The normalized spacial score (nSPS) is 12.6. The van der Waals surface area contributed by atoms with Crippen molar-refractivity contribution in [2.45, 2.75) is 32.9 Å². The van der Waals surface area contributed by atoms with Crippen molar-refractivity contribution in [2.24, 2.45) is 5.73 Å². The van der Waals surface area contributed by atoms with Crippen LogP contribution in [-0.4, -0.2) is 15.6 Å². The lowest BCUT2D eigenvalue weighted by Crippen LogP contribution is -2.17. The molecule has 0 fully saturated rings. The molecule has 0 saturated carbocycles. The van der Waals surface area contributed by atoms with E-state index in [1.165, 1.54) is 16.7 Å². The molecule has 0 amide bonds. The van der Waals surface area contributed by atoms with Crippen LogP contribution in [0.25, 0.3) is 0 Å². The molecule has 2 aromatic rings. The maximum Gasteiger partial charge on any atom is 0.0485 e. The van der Waals surface area contributed by atoms with E-state index in [9.17, 15) is 0 Å². The summed E-state index contributed by atoms with van der Waals surface area (Å²) in [6.07, 6.45) is 8.98. The Bertz CT molecular complexity index is 486. The first kappa shape index (κ1) is 11.9. The molecule has 2 heterocycles. The van der Waals surface area contributed by atoms with Crippen LogP contribution in [0.5, 0.6) is 0 Å². The highest BCUT2D eigenvalue weighted by atomic mass is 14.9. The molecule has 1 atom stereocenters. The highest BCUT2D eigenvalue weighted by Crippen LogP contribution is 2.08.